The van der Waals surface area contributed by atoms with Gasteiger partial charge in [-0.15, -0.1) is 0 Å². The van der Waals surface area contributed by atoms with Gasteiger partial charge in [0.05, 0.1) is 12.6 Å². The van der Waals surface area contributed by atoms with Gasteiger partial charge in [0.15, 0.2) is 0 Å². The number of hydrazine groups is 1. The van der Waals surface area contributed by atoms with Crippen LogP contribution in [-0.2, 0) is 9.47 Å². The molecule has 0 radical (unpaired) electrons. The maximum Gasteiger partial charge on any atom is 0.422 e. The second kappa shape index (κ2) is 5.84. The van der Waals surface area contributed by atoms with E-state index in [1.807, 2.05) is 42.3 Å². The number of benzene rings is 1. The van der Waals surface area contributed by atoms with Crippen LogP contribution in [0.3, 0.4) is 0 Å². The van der Waals surface area contributed by atoms with Crippen molar-refractivity contribution in [2.45, 2.75) is 19.1 Å². The number of amides is 1. The molecule has 2 atom stereocenters. The minimum atomic E-state index is -0.418. The quantitative estimate of drug-likeness (QED) is 0.884. The van der Waals surface area contributed by atoms with Crippen molar-refractivity contribution in [2.24, 2.45) is 0 Å². The Morgan fingerprint density at radius 3 is 2.78 bits per heavy atom. The molecule has 1 N–H and O–H groups in total. The van der Waals surface area contributed by atoms with Crippen LogP contribution in [0.1, 0.15) is 18.6 Å². The summed E-state index contributed by atoms with van der Waals surface area (Å²) in [5.41, 5.74) is 3.69. The van der Waals surface area contributed by atoms with Crippen molar-refractivity contribution in [3.63, 3.8) is 0 Å². The Morgan fingerprint density at radius 2 is 2.11 bits per heavy atom. The molecular formula is C13H18N2O3. The molecule has 5 nitrogen and oxygen atoms in total. The molecule has 1 amide bonds. The molecule has 0 unspecified atom stereocenters. The fourth-order valence-electron chi connectivity index (χ4n) is 2.06. The van der Waals surface area contributed by atoms with Crippen LogP contribution in [-0.4, -0.2) is 37.4 Å². The van der Waals surface area contributed by atoms with E-state index in [0.717, 1.165) is 5.56 Å². The number of rotatable bonds is 4. The van der Waals surface area contributed by atoms with Gasteiger partial charge in [0.25, 0.3) is 0 Å². The molecule has 98 valence electrons. The number of nitrogens with zero attached hydrogens (tertiary/aromatic N) is 1. The molecule has 1 aliphatic heterocycles. The lowest BCUT2D eigenvalue weighted by atomic mass is 10.0. The van der Waals surface area contributed by atoms with Crippen LogP contribution >= 0.6 is 0 Å². The number of nitrogens with one attached hydrogen (secondary N) is 1. The SMILES string of the molecule is COCCN1NC(=O)O[C@H](c2ccccc2)[C@@H]1C. The van der Waals surface area contributed by atoms with Crippen molar-refractivity contribution in [3.05, 3.63) is 35.9 Å². The molecule has 1 aliphatic rings. The maximum absolute atomic E-state index is 11.6. The van der Waals surface area contributed by atoms with E-state index in [4.69, 9.17) is 9.47 Å². The summed E-state index contributed by atoms with van der Waals surface area (Å²) in [5, 5.41) is 1.85. The van der Waals surface area contributed by atoms with Crippen LogP contribution in [0.4, 0.5) is 4.79 Å². The molecule has 1 fully saturated rings. The molecule has 1 saturated heterocycles. The van der Waals surface area contributed by atoms with Gasteiger partial charge in [-0.25, -0.2) is 9.80 Å². The van der Waals surface area contributed by atoms with Gasteiger partial charge in [0.1, 0.15) is 6.10 Å². The van der Waals surface area contributed by atoms with E-state index in [1.54, 1.807) is 7.11 Å². The second-order valence-corrected chi connectivity index (χ2v) is 4.28. The third-order valence-corrected chi connectivity index (χ3v) is 3.06. The zero-order chi connectivity index (χ0) is 13.0. The van der Waals surface area contributed by atoms with Crippen LogP contribution in [0.5, 0.6) is 0 Å². The summed E-state index contributed by atoms with van der Waals surface area (Å²) in [7, 11) is 1.64. The molecule has 0 aliphatic carbocycles. The highest BCUT2D eigenvalue weighted by Gasteiger charge is 2.34. The molecule has 5 heteroatoms. The monoisotopic (exact) mass is 250 g/mol. The van der Waals surface area contributed by atoms with Crippen molar-refractivity contribution in [3.8, 4) is 0 Å². The van der Waals surface area contributed by atoms with Crippen LogP contribution in [0, 0.1) is 0 Å². The predicted octanol–water partition coefficient (Wildman–Crippen LogP) is 1.72. The first-order valence-electron chi connectivity index (χ1n) is 6.00. The summed E-state index contributed by atoms with van der Waals surface area (Å²) < 4.78 is 10.4. The zero-order valence-corrected chi connectivity index (χ0v) is 10.6. The summed E-state index contributed by atoms with van der Waals surface area (Å²) in [5.74, 6) is 0. The predicted molar refractivity (Wildman–Crippen MR) is 66.8 cm³/mol. The summed E-state index contributed by atoms with van der Waals surface area (Å²) in [6, 6.07) is 9.82. The normalized spacial score (nSPS) is 24.4. The number of carbonyl (C=O) groups excluding carboxylic acids is 1. The molecule has 0 aromatic heterocycles. The summed E-state index contributed by atoms with van der Waals surface area (Å²) >= 11 is 0. The Bertz CT molecular complexity index is 396. The van der Waals surface area contributed by atoms with Crippen molar-refractivity contribution in [2.75, 3.05) is 20.3 Å². The van der Waals surface area contributed by atoms with Gasteiger partial charge in [-0.3, -0.25) is 5.43 Å². The number of carbonyl (C=O) groups is 1. The van der Waals surface area contributed by atoms with E-state index in [2.05, 4.69) is 5.43 Å². The minimum absolute atomic E-state index is 0.0558. The Hall–Kier alpha value is -1.59. The van der Waals surface area contributed by atoms with Crippen LogP contribution in [0.25, 0.3) is 0 Å². The molecule has 18 heavy (non-hydrogen) atoms. The van der Waals surface area contributed by atoms with Gasteiger partial charge >= 0.3 is 6.09 Å². The molecule has 1 aromatic carbocycles. The Morgan fingerprint density at radius 1 is 1.39 bits per heavy atom. The highest BCUT2D eigenvalue weighted by Crippen LogP contribution is 2.27. The third-order valence-electron chi connectivity index (χ3n) is 3.06. The standard InChI is InChI=1S/C13H18N2O3/c1-10-12(11-6-4-3-5-7-11)18-13(16)14-15(10)8-9-17-2/h3-7,10,12H,8-9H2,1-2H3,(H,14,16)/t10-,12-/m0/s1. The first kappa shape index (κ1) is 12.9. The van der Waals surface area contributed by atoms with E-state index in [1.165, 1.54) is 0 Å². The summed E-state index contributed by atoms with van der Waals surface area (Å²) in [6.45, 7) is 3.22. The highest BCUT2D eigenvalue weighted by molar-refractivity contribution is 5.67. The lowest BCUT2D eigenvalue weighted by Crippen LogP contribution is -2.56. The van der Waals surface area contributed by atoms with E-state index in [9.17, 15) is 4.79 Å². The van der Waals surface area contributed by atoms with Crippen LogP contribution < -0.4 is 5.43 Å². The topological polar surface area (TPSA) is 50.8 Å². The van der Waals surface area contributed by atoms with Crippen molar-refractivity contribution >= 4 is 6.09 Å². The van der Waals surface area contributed by atoms with Gasteiger partial charge in [0, 0.05) is 13.7 Å². The second-order valence-electron chi connectivity index (χ2n) is 4.28. The van der Waals surface area contributed by atoms with E-state index in [-0.39, 0.29) is 12.1 Å². The van der Waals surface area contributed by atoms with E-state index >= 15 is 0 Å². The lowest BCUT2D eigenvalue weighted by molar-refractivity contribution is -0.0453. The minimum Gasteiger partial charge on any atom is -0.439 e. The Kier molecular flexibility index (Phi) is 4.17. The number of cyclic esters (lactones) is 1. The fraction of sp³-hybridized carbons (Fsp3) is 0.462. The third kappa shape index (κ3) is 2.80. The molecule has 2 rings (SSSR count). The number of ether oxygens (including phenoxy) is 2. The molecule has 1 aromatic rings. The average Bonchev–Trinajstić information content (AvgIpc) is 2.40. The molecule has 0 bridgehead atoms. The largest absolute Gasteiger partial charge is 0.439 e. The smallest absolute Gasteiger partial charge is 0.422 e. The summed E-state index contributed by atoms with van der Waals surface area (Å²) in [4.78, 5) is 11.6. The zero-order valence-electron chi connectivity index (χ0n) is 10.6. The highest BCUT2D eigenvalue weighted by atomic mass is 16.6. The molecule has 1 heterocycles. The first-order chi connectivity index (χ1) is 8.72. The van der Waals surface area contributed by atoms with Gasteiger partial charge in [0.2, 0.25) is 0 Å². The van der Waals surface area contributed by atoms with Crippen molar-refractivity contribution < 1.29 is 14.3 Å². The van der Waals surface area contributed by atoms with Crippen LogP contribution in [0.2, 0.25) is 0 Å². The van der Waals surface area contributed by atoms with Crippen LogP contribution in [0.15, 0.2) is 30.3 Å². The number of methoxy groups -OCH3 is 1. The number of hydrogen-bond donors (Lipinski definition) is 1. The Labute approximate surface area is 107 Å². The fourth-order valence-corrected chi connectivity index (χ4v) is 2.06. The van der Waals surface area contributed by atoms with E-state index < -0.39 is 6.09 Å². The van der Waals surface area contributed by atoms with Crippen molar-refractivity contribution in [1.29, 1.82) is 0 Å². The first-order valence-corrected chi connectivity index (χ1v) is 6.00. The van der Waals surface area contributed by atoms with E-state index in [0.29, 0.717) is 13.2 Å². The molecule has 0 saturated carbocycles. The number of hydrogen-bond acceptors (Lipinski definition) is 4. The van der Waals surface area contributed by atoms with Gasteiger partial charge in [-0.1, -0.05) is 30.3 Å². The van der Waals surface area contributed by atoms with Crippen molar-refractivity contribution in [1.82, 2.24) is 10.4 Å². The average molecular weight is 250 g/mol. The van der Waals surface area contributed by atoms with Gasteiger partial charge < -0.3 is 9.47 Å². The maximum atomic E-state index is 11.6. The summed E-state index contributed by atoms with van der Waals surface area (Å²) in [6.07, 6.45) is -0.671. The Balaban J connectivity index is 2.12. The lowest BCUT2D eigenvalue weighted by Gasteiger charge is -2.38. The molecule has 0 spiro atoms. The van der Waals surface area contributed by atoms with Gasteiger partial charge in [-0.05, 0) is 12.5 Å². The van der Waals surface area contributed by atoms with Gasteiger partial charge in [-0.2, -0.15) is 0 Å². The molecular weight excluding hydrogens is 232 g/mol.